The maximum Gasteiger partial charge on any atom is 0.254 e. The Hall–Kier alpha value is -2.54. The summed E-state index contributed by atoms with van der Waals surface area (Å²) in [4.78, 5) is 21.5. The average Bonchev–Trinajstić information content (AvgIpc) is 3.34. The molecule has 0 unspecified atom stereocenters. The van der Waals surface area contributed by atoms with Crippen LogP contribution in [-0.2, 0) is 6.54 Å². The number of carbonyl (C=O) groups excluding carboxylic acids is 1. The number of benzene rings is 1. The lowest BCUT2D eigenvalue weighted by Gasteiger charge is -2.35. The molecule has 2 aliphatic heterocycles. The molecule has 0 saturated carbocycles. The molecule has 0 N–H and O–H groups in total. The quantitative estimate of drug-likeness (QED) is 0.808. The molecule has 144 valence electrons. The van der Waals surface area contributed by atoms with Gasteiger partial charge in [-0.3, -0.25) is 9.69 Å². The predicted octanol–water partition coefficient (Wildman–Crippen LogP) is 2.19. The van der Waals surface area contributed by atoms with E-state index < -0.39 is 0 Å². The predicted molar refractivity (Wildman–Crippen MR) is 101 cm³/mol. The van der Waals surface area contributed by atoms with Crippen LogP contribution in [0.5, 0.6) is 11.5 Å². The van der Waals surface area contributed by atoms with Crippen LogP contribution in [0.3, 0.4) is 0 Å². The topological polar surface area (TPSA) is 59.8 Å². The number of hydrogen-bond donors (Lipinski definition) is 0. The maximum atomic E-state index is 12.8. The maximum absolute atomic E-state index is 12.8. The number of piperazine rings is 1. The molecule has 7 nitrogen and oxygen atoms in total. The van der Waals surface area contributed by atoms with Crippen molar-refractivity contribution in [1.29, 1.82) is 0 Å². The summed E-state index contributed by atoms with van der Waals surface area (Å²) in [5.74, 6) is 2.98. The van der Waals surface area contributed by atoms with Gasteiger partial charge >= 0.3 is 0 Å². The Balaban J connectivity index is 1.30. The van der Waals surface area contributed by atoms with Crippen molar-refractivity contribution in [2.45, 2.75) is 26.3 Å². The molecule has 27 heavy (non-hydrogen) atoms. The first-order chi connectivity index (χ1) is 13.1. The van der Waals surface area contributed by atoms with Gasteiger partial charge in [0.1, 0.15) is 5.82 Å². The van der Waals surface area contributed by atoms with E-state index >= 15 is 0 Å². The van der Waals surface area contributed by atoms with Crippen LogP contribution in [-0.4, -0.2) is 64.8 Å². The Bertz CT molecular complexity index is 809. The molecule has 1 amide bonds. The summed E-state index contributed by atoms with van der Waals surface area (Å²) < 4.78 is 12.9. The molecule has 7 heteroatoms. The van der Waals surface area contributed by atoms with Crippen molar-refractivity contribution in [2.24, 2.45) is 0 Å². The summed E-state index contributed by atoms with van der Waals surface area (Å²) in [6.45, 7) is 9.73. The minimum absolute atomic E-state index is 0.0599. The van der Waals surface area contributed by atoms with E-state index in [1.165, 1.54) is 0 Å². The van der Waals surface area contributed by atoms with Crippen molar-refractivity contribution in [3.05, 3.63) is 42.0 Å². The fourth-order valence-corrected chi connectivity index (χ4v) is 3.65. The lowest BCUT2D eigenvalue weighted by molar-refractivity contribution is 0.0632. The van der Waals surface area contributed by atoms with Gasteiger partial charge in [-0.2, -0.15) is 0 Å². The van der Waals surface area contributed by atoms with Crippen molar-refractivity contribution in [1.82, 2.24) is 19.4 Å². The molecule has 1 saturated heterocycles. The van der Waals surface area contributed by atoms with Gasteiger partial charge in [0.25, 0.3) is 5.91 Å². The molecule has 1 aromatic heterocycles. The summed E-state index contributed by atoms with van der Waals surface area (Å²) in [5.41, 5.74) is 0.660. The van der Waals surface area contributed by atoms with Crippen LogP contribution < -0.4 is 9.47 Å². The summed E-state index contributed by atoms with van der Waals surface area (Å²) in [5, 5.41) is 0. The molecule has 3 heterocycles. The Kier molecular flexibility index (Phi) is 5.03. The second-order valence-corrected chi connectivity index (χ2v) is 7.34. The van der Waals surface area contributed by atoms with E-state index in [1.807, 2.05) is 23.2 Å². The molecule has 1 fully saturated rings. The SMILES string of the molecule is CC(C)c1nccn1CCN1CCN(C(=O)c2ccc3c(c2)OCO3)CC1. The fourth-order valence-electron chi connectivity index (χ4n) is 3.65. The van der Waals surface area contributed by atoms with E-state index in [4.69, 9.17) is 9.47 Å². The first-order valence-electron chi connectivity index (χ1n) is 9.54. The van der Waals surface area contributed by atoms with Gasteiger partial charge in [0, 0.05) is 63.1 Å². The fraction of sp³-hybridized carbons (Fsp3) is 0.500. The normalized spacial score (nSPS) is 16.9. The lowest BCUT2D eigenvalue weighted by Crippen LogP contribution is -2.49. The highest BCUT2D eigenvalue weighted by atomic mass is 16.7. The summed E-state index contributed by atoms with van der Waals surface area (Å²) in [6, 6.07) is 5.40. The van der Waals surface area contributed by atoms with Gasteiger partial charge in [-0.25, -0.2) is 4.98 Å². The van der Waals surface area contributed by atoms with Crippen LogP contribution in [0, 0.1) is 0 Å². The number of nitrogens with zero attached hydrogens (tertiary/aromatic N) is 4. The number of aromatic nitrogens is 2. The number of ether oxygens (including phenoxy) is 2. The third-order valence-electron chi connectivity index (χ3n) is 5.20. The van der Waals surface area contributed by atoms with Gasteiger partial charge in [-0.05, 0) is 18.2 Å². The third kappa shape index (κ3) is 3.78. The molecular formula is C20H26N4O3. The Morgan fingerprint density at radius 2 is 1.89 bits per heavy atom. The standard InChI is InChI=1S/C20H26N4O3/c1-15(2)19-21-5-6-23(19)10-7-22-8-11-24(12-9-22)20(25)16-3-4-17-18(13-16)27-14-26-17/h3-6,13,15H,7-12,14H2,1-2H3. The number of amides is 1. The van der Waals surface area contributed by atoms with Gasteiger partial charge in [-0.1, -0.05) is 13.8 Å². The molecular weight excluding hydrogens is 344 g/mol. The van der Waals surface area contributed by atoms with Gasteiger partial charge in [-0.15, -0.1) is 0 Å². The van der Waals surface area contributed by atoms with Crippen molar-refractivity contribution < 1.29 is 14.3 Å². The van der Waals surface area contributed by atoms with E-state index in [1.54, 1.807) is 6.07 Å². The number of hydrogen-bond acceptors (Lipinski definition) is 5. The second-order valence-electron chi connectivity index (χ2n) is 7.34. The van der Waals surface area contributed by atoms with Gasteiger partial charge in [0.15, 0.2) is 11.5 Å². The molecule has 0 atom stereocenters. The summed E-state index contributed by atoms with van der Waals surface area (Å²) >= 11 is 0. The number of fused-ring (bicyclic) bond motifs is 1. The van der Waals surface area contributed by atoms with Gasteiger partial charge in [0.2, 0.25) is 6.79 Å². The molecule has 2 aromatic rings. The highest BCUT2D eigenvalue weighted by Crippen LogP contribution is 2.32. The van der Waals surface area contributed by atoms with Crippen LogP contribution in [0.15, 0.2) is 30.6 Å². The molecule has 0 spiro atoms. The van der Waals surface area contributed by atoms with Crippen molar-refractivity contribution in [3.63, 3.8) is 0 Å². The monoisotopic (exact) mass is 370 g/mol. The van der Waals surface area contributed by atoms with Crippen molar-refractivity contribution >= 4 is 5.91 Å². The Morgan fingerprint density at radius 1 is 1.11 bits per heavy atom. The minimum atomic E-state index is 0.0599. The number of imidazole rings is 1. The smallest absolute Gasteiger partial charge is 0.254 e. The van der Waals surface area contributed by atoms with Gasteiger partial charge < -0.3 is 18.9 Å². The Labute approximate surface area is 159 Å². The van der Waals surface area contributed by atoms with Crippen molar-refractivity contribution in [2.75, 3.05) is 39.5 Å². The lowest BCUT2D eigenvalue weighted by atomic mass is 10.1. The molecule has 2 aliphatic rings. The zero-order chi connectivity index (χ0) is 18.8. The van der Waals surface area contributed by atoms with Gasteiger partial charge in [0.05, 0.1) is 0 Å². The van der Waals surface area contributed by atoms with E-state index in [0.29, 0.717) is 23.0 Å². The average molecular weight is 370 g/mol. The zero-order valence-corrected chi connectivity index (χ0v) is 15.9. The van der Waals surface area contributed by atoms with Crippen LogP contribution in [0.2, 0.25) is 0 Å². The highest BCUT2D eigenvalue weighted by Gasteiger charge is 2.24. The summed E-state index contributed by atoms with van der Waals surface area (Å²) in [7, 11) is 0. The first kappa shape index (κ1) is 17.9. The molecule has 1 aromatic carbocycles. The number of rotatable bonds is 5. The minimum Gasteiger partial charge on any atom is -0.454 e. The number of carbonyl (C=O) groups is 1. The van der Waals surface area contributed by atoms with Crippen LogP contribution in [0.4, 0.5) is 0 Å². The Morgan fingerprint density at radius 3 is 2.67 bits per heavy atom. The van der Waals surface area contributed by atoms with E-state index in [9.17, 15) is 4.79 Å². The molecule has 0 radical (unpaired) electrons. The van der Waals surface area contributed by atoms with Crippen molar-refractivity contribution in [3.8, 4) is 11.5 Å². The largest absolute Gasteiger partial charge is 0.454 e. The molecule has 0 bridgehead atoms. The first-order valence-corrected chi connectivity index (χ1v) is 9.54. The zero-order valence-electron chi connectivity index (χ0n) is 15.9. The van der Waals surface area contributed by atoms with Crippen LogP contribution >= 0.6 is 0 Å². The van der Waals surface area contributed by atoms with Crippen LogP contribution in [0.1, 0.15) is 35.9 Å². The van der Waals surface area contributed by atoms with E-state index in [0.717, 1.165) is 45.1 Å². The van der Waals surface area contributed by atoms with E-state index in [-0.39, 0.29) is 12.7 Å². The molecule has 4 rings (SSSR count). The third-order valence-corrected chi connectivity index (χ3v) is 5.20. The van der Waals surface area contributed by atoms with E-state index in [2.05, 4.69) is 34.5 Å². The highest BCUT2D eigenvalue weighted by molar-refractivity contribution is 5.95. The molecule has 0 aliphatic carbocycles. The van der Waals surface area contributed by atoms with Crippen LogP contribution in [0.25, 0.3) is 0 Å². The summed E-state index contributed by atoms with van der Waals surface area (Å²) in [6.07, 6.45) is 3.92. The second kappa shape index (κ2) is 7.60.